The van der Waals surface area contributed by atoms with Crippen LogP contribution in [0.3, 0.4) is 0 Å². The fourth-order valence-electron chi connectivity index (χ4n) is 4.18. The standard InChI is InChI=1S/C23H30F2N2O2/c24-23(25,22(29)27-19-14-8-3-9-15-19)16-20(17-10-4-1-5-11-17)21(28)26-18-12-6-2-7-13-18/h1,4-5,10-11,16,18-19H,2-3,6-9,12-15H2,(H,26,28)(H,27,29)/b20-16+. The molecular weight excluding hydrogens is 374 g/mol. The molecule has 0 aliphatic heterocycles. The van der Waals surface area contributed by atoms with Crippen molar-refractivity contribution in [2.24, 2.45) is 0 Å². The summed E-state index contributed by atoms with van der Waals surface area (Å²) in [5.41, 5.74) is 0.228. The van der Waals surface area contributed by atoms with Gasteiger partial charge < -0.3 is 10.6 Å². The molecule has 2 aliphatic rings. The van der Waals surface area contributed by atoms with Crippen LogP contribution in [-0.2, 0) is 9.59 Å². The van der Waals surface area contributed by atoms with Gasteiger partial charge in [-0.25, -0.2) is 0 Å². The minimum absolute atomic E-state index is 0.00644. The molecule has 0 heterocycles. The third kappa shape index (κ3) is 6.12. The second-order valence-electron chi connectivity index (χ2n) is 8.16. The predicted octanol–water partition coefficient (Wildman–Crippen LogP) is 4.60. The molecular formula is C23H30F2N2O2. The van der Waals surface area contributed by atoms with Gasteiger partial charge in [-0.2, -0.15) is 8.78 Å². The molecule has 0 radical (unpaired) electrons. The van der Waals surface area contributed by atoms with Crippen LogP contribution in [0, 0.1) is 0 Å². The highest BCUT2D eigenvalue weighted by atomic mass is 19.3. The van der Waals surface area contributed by atoms with E-state index in [9.17, 15) is 18.4 Å². The lowest BCUT2D eigenvalue weighted by molar-refractivity contribution is -0.140. The maximum absolute atomic E-state index is 14.8. The van der Waals surface area contributed by atoms with Crippen LogP contribution in [0.2, 0.25) is 0 Å². The van der Waals surface area contributed by atoms with Gasteiger partial charge in [-0.3, -0.25) is 9.59 Å². The first-order chi connectivity index (χ1) is 14.0. The molecule has 0 bridgehead atoms. The van der Waals surface area contributed by atoms with Gasteiger partial charge in [-0.05, 0) is 31.2 Å². The summed E-state index contributed by atoms with van der Waals surface area (Å²) in [5.74, 6) is -5.64. The van der Waals surface area contributed by atoms with Crippen LogP contribution in [-0.4, -0.2) is 29.8 Å². The van der Waals surface area contributed by atoms with Gasteiger partial charge in [0.2, 0.25) is 0 Å². The van der Waals surface area contributed by atoms with Crippen LogP contribution in [0.25, 0.3) is 5.57 Å². The molecule has 2 saturated carbocycles. The molecule has 1 aromatic rings. The molecule has 3 rings (SSSR count). The minimum Gasteiger partial charge on any atom is -0.349 e. The number of carbonyl (C=O) groups excluding carboxylic acids is 2. The van der Waals surface area contributed by atoms with Gasteiger partial charge in [-0.15, -0.1) is 0 Å². The predicted molar refractivity (Wildman–Crippen MR) is 109 cm³/mol. The maximum Gasteiger partial charge on any atom is 0.344 e. The maximum atomic E-state index is 14.8. The Morgan fingerprint density at radius 3 is 1.90 bits per heavy atom. The second-order valence-corrected chi connectivity index (χ2v) is 8.16. The molecule has 0 aromatic heterocycles. The number of hydrogen-bond donors (Lipinski definition) is 2. The van der Waals surface area contributed by atoms with Crippen LogP contribution >= 0.6 is 0 Å². The van der Waals surface area contributed by atoms with Crippen LogP contribution in [0.15, 0.2) is 36.4 Å². The van der Waals surface area contributed by atoms with Crippen molar-refractivity contribution in [3.8, 4) is 0 Å². The van der Waals surface area contributed by atoms with Crippen molar-refractivity contribution in [1.82, 2.24) is 10.6 Å². The fourth-order valence-corrected chi connectivity index (χ4v) is 4.18. The molecule has 2 fully saturated rings. The number of halogens is 2. The van der Waals surface area contributed by atoms with E-state index in [0.717, 1.165) is 64.2 Å². The number of rotatable bonds is 6. The minimum atomic E-state index is -3.76. The first-order valence-electron chi connectivity index (χ1n) is 10.7. The largest absolute Gasteiger partial charge is 0.349 e. The normalized spacial score (nSPS) is 19.6. The zero-order chi connectivity index (χ0) is 20.7. The second kappa shape index (κ2) is 9.99. The molecule has 0 saturated heterocycles. The third-order valence-electron chi connectivity index (χ3n) is 5.84. The molecule has 1 aromatic carbocycles. The summed E-state index contributed by atoms with van der Waals surface area (Å²) >= 11 is 0. The number of hydrogen-bond acceptors (Lipinski definition) is 2. The smallest absolute Gasteiger partial charge is 0.344 e. The van der Waals surface area contributed by atoms with Gasteiger partial charge in [0.1, 0.15) is 0 Å². The average molecular weight is 405 g/mol. The number of benzene rings is 1. The fraction of sp³-hybridized carbons (Fsp3) is 0.565. The van der Waals surface area contributed by atoms with Gasteiger partial charge in [0.05, 0.1) is 0 Å². The van der Waals surface area contributed by atoms with Gasteiger partial charge in [0.25, 0.3) is 11.8 Å². The SMILES string of the molecule is O=C(NC1CCCCC1)/C(=C/C(F)(F)C(=O)NC1CCCCC1)c1ccccc1. The van der Waals surface area contributed by atoms with Crippen LogP contribution in [0.5, 0.6) is 0 Å². The lowest BCUT2D eigenvalue weighted by Gasteiger charge is -2.25. The van der Waals surface area contributed by atoms with E-state index in [2.05, 4.69) is 10.6 Å². The van der Waals surface area contributed by atoms with Gasteiger partial charge in [-0.1, -0.05) is 68.9 Å². The summed E-state index contributed by atoms with van der Waals surface area (Å²) in [7, 11) is 0. The Labute approximate surface area is 171 Å². The molecule has 4 nitrogen and oxygen atoms in total. The summed E-state index contributed by atoms with van der Waals surface area (Å²) in [5, 5.41) is 5.36. The Bertz CT molecular complexity index is 722. The molecule has 158 valence electrons. The molecule has 29 heavy (non-hydrogen) atoms. The number of amides is 2. The summed E-state index contributed by atoms with van der Waals surface area (Å²) in [6.45, 7) is 0. The van der Waals surface area contributed by atoms with E-state index < -0.39 is 17.7 Å². The van der Waals surface area contributed by atoms with Gasteiger partial charge in [0.15, 0.2) is 0 Å². The third-order valence-corrected chi connectivity index (χ3v) is 5.84. The Hall–Kier alpha value is -2.24. The molecule has 0 unspecified atom stereocenters. The van der Waals surface area contributed by atoms with E-state index >= 15 is 0 Å². The van der Waals surface area contributed by atoms with Crippen molar-refractivity contribution in [2.45, 2.75) is 82.2 Å². The highest BCUT2D eigenvalue weighted by Gasteiger charge is 2.39. The van der Waals surface area contributed by atoms with Crippen molar-refractivity contribution >= 4 is 17.4 Å². The number of alkyl halides is 2. The zero-order valence-electron chi connectivity index (χ0n) is 16.8. The molecule has 0 spiro atoms. The van der Waals surface area contributed by atoms with Crippen molar-refractivity contribution < 1.29 is 18.4 Å². The van der Waals surface area contributed by atoms with Crippen molar-refractivity contribution in [1.29, 1.82) is 0 Å². The molecule has 0 atom stereocenters. The number of nitrogens with one attached hydrogen (secondary N) is 2. The van der Waals surface area contributed by atoms with E-state index in [4.69, 9.17) is 0 Å². The van der Waals surface area contributed by atoms with E-state index in [1.165, 1.54) is 0 Å². The summed E-state index contributed by atoms with van der Waals surface area (Å²) in [6, 6.07) is 8.14. The van der Waals surface area contributed by atoms with E-state index in [1.807, 2.05) is 0 Å². The van der Waals surface area contributed by atoms with Crippen LogP contribution in [0.4, 0.5) is 8.78 Å². The monoisotopic (exact) mass is 404 g/mol. The highest BCUT2D eigenvalue weighted by molar-refractivity contribution is 6.20. The lowest BCUT2D eigenvalue weighted by Crippen LogP contribution is -2.45. The van der Waals surface area contributed by atoms with Crippen molar-refractivity contribution in [3.05, 3.63) is 42.0 Å². The molecule has 2 aliphatic carbocycles. The Kier molecular flexibility index (Phi) is 7.40. The summed E-state index contributed by atoms with van der Waals surface area (Å²) in [6.07, 6.45) is 9.80. The first kappa shape index (κ1) is 21.5. The van der Waals surface area contributed by atoms with E-state index in [-0.39, 0.29) is 17.7 Å². The zero-order valence-corrected chi connectivity index (χ0v) is 16.8. The Balaban J connectivity index is 1.78. The van der Waals surface area contributed by atoms with Crippen LogP contribution in [0.1, 0.15) is 69.8 Å². The topological polar surface area (TPSA) is 58.2 Å². The van der Waals surface area contributed by atoms with E-state index in [1.54, 1.807) is 30.3 Å². The average Bonchev–Trinajstić information content (AvgIpc) is 2.74. The first-order valence-corrected chi connectivity index (χ1v) is 10.7. The van der Waals surface area contributed by atoms with E-state index in [0.29, 0.717) is 11.6 Å². The molecule has 6 heteroatoms. The van der Waals surface area contributed by atoms with Gasteiger partial charge >= 0.3 is 5.92 Å². The lowest BCUT2D eigenvalue weighted by atomic mass is 9.94. The Morgan fingerprint density at radius 1 is 0.828 bits per heavy atom. The Morgan fingerprint density at radius 2 is 1.34 bits per heavy atom. The quantitative estimate of drug-likeness (QED) is 0.681. The van der Waals surface area contributed by atoms with Crippen LogP contribution < -0.4 is 10.6 Å². The summed E-state index contributed by atoms with van der Waals surface area (Å²) in [4.78, 5) is 25.1. The summed E-state index contributed by atoms with van der Waals surface area (Å²) < 4.78 is 29.6. The molecule has 2 amide bonds. The highest BCUT2D eigenvalue weighted by Crippen LogP contribution is 2.26. The molecule has 2 N–H and O–H groups in total. The number of carbonyl (C=O) groups is 2. The van der Waals surface area contributed by atoms with Crippen molar-refractivity contribution in [3.63, 3.8) is 0 Å². The van der Waals surface area contributed by atoms with Gasteiger partial charge in [0, 0.05) is 23.7 Å². The van der Waals surface area contributed by atoms with Crippen molar-refractivity contribution in [2.75, 3.05) is 0 Å².